The number of rotatable bonds is 5. The monoisotopic (exact) mass is 388 g/mol. The molecule has 27 heavy (non-hydrogen) atoms. The lowest BCUT2D eigenvalue weighted by molar-refractivity contribution is 0.0695. The number of fused-ring (bicyclic) bond motifs is 1. The zero-order valence-electron chi connectivity index (χ0n) is 14.2. The van der Waals surface area contributed by atoms with Gasteiger partial charge in [-0.3, -0.25) is 4.79 Å². The fraction of sp³-hybridized carbons (Fsp3) is 0.278. The Morgan fingerprint density at radius 1 is 1.52 bits per heavy atom. The number of carboxylic acid groups (broad SMARTS) is 1. The molecule has 3 aromatic heterocycles. The van der Waals surface area contributed by atoms with Crippen LogP contribution in [0.25, 0.3) is 11.0 Å². The number of carboxylic acids is 1. The van der Waals surface area contributed by atoms with E-state index < -0.39 is 22.8 Å². The summed E-state index contributed by atoms with van der Waals surface area (Å²) in [7, 11) is 0. The third kappa shape index (κ3) is 3.43. The number of anilines is 1. The number of pyridine rings is 2. The lowest BCUT2D eigenvalue weighted by Crippen LogP contribution is -2.32. The molecule has 1 aliphatic rings. The zero-order valence-corrected chi connectivity index (χ0v) is 15.1. The Kier molecular flexibility index (Phi) is 4.63. The van der Waals surface area contributed by atoms with Crippen LogP contribution in [-0.2, 0) is 6.54 Å². The topological polar surface area (TPSA) is 98.3 Å². The highest BCUT2D eigenvalue weighted by molar-refractivity contribution is 7.07. The van der Waals surface area contributed by atoms with E-state index in [1.54, 1.807) is 11.3 Å². The smallest absolute Gasteiger partial charge is 0.341 e. The number of H-pyrrole nitrogens is 1. The van der Waals surface area contributed by atoms with Crippen molar-refractivity contribution in [3.8, 4) is 0 Å². The van der Waals surface area contributed by atoms with Crippen LogP contribution in [0.3, 0.4) is 0 Å². The second-order valence-corrected chi connectivity index (χ2v) is 7.25. The van der Waals surface area contributed by atoms with Crippen molar-refractivity contribution in [1.29, 1.82) is 0 Å². The largest absolute Gasteiger partial charge is 0.477 e. The molecular weight excluding hydrogens is 371 g/mol. The number of aromatic carboxylic acids is 1. The predicted molar refractivity (Wildman–Crippen MR) is 101 cm³/mol. The molecule has 140 valence electrons. The molecule has 0 saturated carbocycles. The Morgan fingerprint density at radius 3 is 3.11 bits per heavy atom. The molecule has 0 aromatic carbocycles. The van der Waals surface area contributed by atoms with E-state index in [1.807, 2.05) is 10.3 Å². The van der Waals surface area contributed by atoms with Gasteiger partial charge in [0.1, 0.15) is 11.2 Å². The number of hydrogen-bond donors (Lipinski definition) is 3. The first kappa shape index (κ1) is 17.6. The molecule has 1 atom stereocenters. The van der Waals surface area contributed by atoms with Gasteiger partial charge in [0.2, 0.25) is 5.43 Å². The first-order valence-electron chi connectivity index (χ1n) is 8.47. The normalized spacial score (nSPS) is 16.9. The number of aromatic nitrogens is 2. The van der Waals surface area contributed by atoms with Crippen LogP contribution in [0.5, 0.6) is 0 Å². The maximum Gasteiger partial charge on any atom is 0.341 e. The number of aromatic amines is 1. The molecule has 3 aromatic rings. The Bertz CT molecular complexity index is 1050. The fourth-order valence-electron chi connectivity index (χ4n) is 3.27. The Balaban J connectivity index is 1.55. The van der Waals surface area contributed by atoms with E-state index in [4.69, 9.17) is 5.11 Å². The quantitative estimate of drug-likeness (QED) is 0.620. The predicted octanol–water partition coefficient (Wildman–Crippen LogP) is 2.19. The summed E-state index contributed by atoms with van der Waals surface area (Å²) in [5.41, 5.74) is 0.220. The van der Waals surface area contributed by atoms with Crippen molar-refractivity contribution < 1.29 is 14.3 Å². The summed E-state index contributed by atoms with van der Waals surface area (Å²) in [6, 6.07) is 3.35. The van der Waals surface area contributed by atoms with Crippen molar-refractivity contribution >= 4 is 34.2 Å². The molecule has 0 aliphatic carbocycles. The average molecular weight is 388 g/mol. The Labute approximate surface area is 157 Å². The van der Waals surface area contributed by atoms with E-state index in [9.17, 15) is 14.0 Å². The summed E-state index contributed by atoms with van der Waals surface area (Å²) in [6.07, 6.45) is 1.95. The average Bonchev–Trinajstić information content (AvgIpc) is 3.32. The van der Waals surface area contributed by atoms with Crippen molar-refractivity contribution in [1.82, 2.24) is 15.3 Å². The molecule has 9 heteroatoms. The molecule has 0 bridgehead atoms. The van der Waals surface area contributed by atoms with Gasteiger partial charge in [-0.1, -0.05) is 0 Å². The standard InChI is InChI=1S/C18H17FN4O3S/c19-14-5-12-15(24)13(18(25)26)7-21-16(12)22-17(14)23-3-1-11(8-23)20-6-10-2-4-27-9-10/h2,4-5,7,9,11,20H,1,3,6,8H2,(H,25,26)(H,21,22,24). The van der Waals surface area contributed by atoms with Crippen LogP contribution in [0, 0.1) is 5.82 Å². The van der Waals surface area contributed by atoms with Crippen LogP contribution < -0.4 is 15.6 Å². The van der Waals surface area contributed by atoms with Crippen LogP contribution in [0.15, 0.2) is 33.9 Å². The molecule has 4 rings (SSSR count). The van der Waals surface area contributed by atoms with Gasteiger partial charge in [0, 0.05) is 31.9 Å². The number of nitrogens with one attached hydrogen (secondary N) is 2. The Hall–Kier alpha value is -2.78. The molecule has 0 amide bonds. The number of hydrogen-bond acceptors (Lipinski definition) is 6. The third-order valence-corrected chi connectivity index (χ3v) is 5.43. The highest BCUT2D eigenvalue weighted by Gasteiger charge is 2.26. The van der Waals surface area contributed by atoms with Gasteiger partial charge in [-0.05, 0) is 34.9 Å². The minimum Gasteiger partial charge on any atom is -0.477 e. The van der Waals surface area contributed by atoms with E-state index in [-0.39, 0.29) is 22.9 Å². The summed E-state index contributed by atoms with van der Waals surface area (Å²) >= 11 is 1.65. The van der Waals surface area contributed by atoms with Gasteiger partial charge in [0.05, 0.1) is 5.39 Å². The fourth-order valence-corrected chi connectivity index (χ4v) is 3.94. The van der Waals surface area contributed by atoms with Crippen molar-refractivity contribution in [2.24, 2.45) is 0 Å². The number of halogens is 1. The van der Waals surface area contributed by atoms with E-state index in [0.29, 0.717) is 13.1 Å². The second-order valence-electron chi connectivity index (χ2n) is 6.47. The Morgan fingerprint density at radius 2 is 2.37 bits per heavy atom. The van der Waals surface area contributed by atoms with E-state index in [1.165, 1.54) is 5.56 Å². The van der Waals surface area contributed by atoms with Gasteiger partial charge >= 0.3 is 5.97 Å². The molecular formula is C18H17FN4O3S. The molecule has 0 radical (unpaired) electrons. The third-order valence-electron chi connectivity index (χ3n) is 4.69. The molecule has 1 unspecified atom stereocenters. The molecule has 1 aliphatic heterocycles. The maximum atomic E-state index is 14.6. The molecule has 7 nitrogen and oxygen atoms in total. The lowest BCUT2D eigenvalue weighted by atomic mass is 10.2. The van der Waals surface area contributed by atoms with Crippen LogP contribution >= 0.6 is 11.3 Å². The minimum absolute atomic E-state index is 0.0671. The SMILES string of the molecule is O=C(O)c1c[nH]c2nc(N3CCC(NCc4ccsc4)C3)c(F)cc2c1=O. The molecule has 0 spiro atoms. The molecule has 4 heterocycles. The first-order valence-corrected chi connectivity index (χ1v) is 9.42. The highest BCUT2D eigenvalue weighted by Crippen LogP contribution is 2.24. The second kappa shape index (κ2) is 7.09. The van der Waals surface area contributed by atoms with Crippen LogP contribution in [0.4, 0.5) is 10.2 Å². The molecule has 1 fully saturated rings. The van der Waals surface area contributed by atoms with Crippen LogP contribution in [-0.4, -0.2) is 40.2 Å². The summed E-state index contributed by atoms with van der Waals surface area (Å²) in [5, 5.41) is 16.5. The van der Waals surface area contributed by atoms with Gasteiger partial charge in [-0.25, -0.2) is 14.2 Å². The number of nitrogens with zero attached hydrogens (tertiary/aromatic N) is 2. The summed E-state index contributed by atoms with van der Waals surface area (Å²) < 4.78 is 14.6. The summed E-state index contributed by atoms with van der Waals surface area (Å²) in [5.74, 6) is -1.82. The van der Waals surface area contributed by atoms with Gasteiger partial charge in [0.15, 0.2) is 11.6 Å². The van der Waals surface area contributed by atoms with Crippen molar-refractivity contribution in [2.75, 3.05) is 18.0 Å². The van der Waals surface area contributed by atoms with Gasteiger partial charge < -0.3 is 20.3 Å². The molecule has 1 saturated heterocycles. The summed E-state index contributed by atoms with van der Waals surface area (Å²) in [4.78, 5) is 32.0. The molecule has 3 N–H and O–H groups in total. The maximum absolute atomic E-state index is 14.6. The van der Waals surface area contributed by atoms with Crippen LogP contribution in [0.1, 0.15) is 22.3 Å². The highest BCUT2D eigenvalue weighted by atomic mass is 32.1. The van der Waals surface area contributed by atoms with Crippen molar-refractivity contribution in [3.63, 3.8) is 0 Å². The van der Waals surface area contributed by atoms with E-state index >= 15 is 0 Å². The lowest BCUT2D eigenvalue weighted by Gasteiger charge is -2.19. The van der Waals surface area contributed by atoms with Crippen molar-refractivity contribution in [3.05, 3.63) is 56.3 Å². The van der Waals surface area contributed by atoms with E-state index in [2.05, 4.69) is 26.7 Å². The number of thiophene rings is 1. The first-order chi connectivity index (χ1) is 13.0. The van der Waals surface area contributed by atoms with Gasteiger partial charge in [0.25, 0.3) is 0 Å². The van der Waals surface area contributed by atoms with Gasteiger partial charge in [-0.15, -0.1) is 0 Å². The zero-order chi connectivity index (χ0) is 19.0. The van der Waals surface area contributed by atoms with Crippen LogP contribution in [0.2, 0.25) is 0 Å². The minimum atomic E-state index is -1.36. The summed E-state index contributed by atoms with van der Waals surface area (Å²) in [6.45, 7) is 2.02. The number of carbonyl (C=O) groups is 1. The van der Waals surface area contributed by atoms with E-state index in [0.717, 1.165) is 25.2 Å². The van der Waals surface area contributed by atoms with Gasteiger partial charge in [-0.2, -0.15) is 11.3 Å². The van der Waals surface area contributed by atoms with Crippen molar-refractivity contribution in [2.45, 2.75) is 19.0 Å².